The van der Waals surface area contributed by atoms with Crippen molar-refractivity contribution in [2.24, 2.45) is 0 Å². The fraction of sp³-hybridized carbons (Fsp3) is 0.389. The molecule has 0 spiro atoms. The minimum absolute atomic E-state index is 0.243. The first-order valence-corrected chi connectivity index (χ1v) is 15.1. The summed E-state index contributed by atoms with van der Waals surface area (Å²) in [4.78, 5) is 41.0. The number of allylic oxidation sites excluding steroid dienone is 12. The molecule has 0 bridgehead atoms. The van der Waals surface area contributed by atoms with Crippen LogP contribution < -0.4 is 10.6 Å². The molecule has 0 saturated heterocycles. The molecule has 43 heavy (non-hydrogen) atoms. The van der Waals surface area contributed by atoms with Crippen LogP contribution in [0.4, 0.5) is 0 Å². The average Bonchev–Trinajstić information content (AvgIpc) is 3.01. The van der Waals surface area contributed by atoms with Crippen molar-refractivity contribution in [3.63, 3.8) is 0 Å². The van der Waals surface area contributed by atoms with E-state index in [1.165, 1.54) is 6.20 Å². The van der Waals surface area contributed by atoms with Gasteiger partial charge in [0.1, 0.15) is 12.1 Å². The predicted molar refractivity (Wildman–Crippen MR) is 176 cm³/mol. The van der Waals surface area contributed by atoms with Gasteiger partial charge in [0.25, 0.3) is 5.91 Å². The van der Waals surface area contributed by atoms with E-state index in [-0.39, 0.29) is 18.2 Å². The summed E-state index contributed by atoms with van der Waals surface area (Å²) in [5, 5.41) is 5.42. The maximum absolute atomic E-state index is 12.5. The topological polar surface area (TPSA) is 97.4 Å². The van der Waals surface area contributed by atoms with Crippen LogP contribution >= 0.6 is 0 Å². The molecule has 2 N–H and O–H groups in total. The summed E-state index contributed by atoms with van der Waals surface area (Å²) < 4.78 is 5.39. The highest BCUT2D eigenvalue weighted by molar-refractivity contribution is 5.94. The Labute approximate surface area is 259 Å². The number of esters is 1. The molecule has 1 heterocycles. The lowest BCUT2D eigenvalue weighted by Crippen LogP contribution is -2.47. The van der Waals surface area contributed by atoms with Gasteiger partial charge in [-0.3, -0.25) is 14.6 Å². The normalized spacial score (nSPS) is 14.3. The summed E-state index contributed by atoms with van der Waals surface area (Å²) >= 11 is 0. The molecule has 0 aliphatic carbocycles. The van der Waals surface area contributed by atoms with Gasteiger partial charge in [-0.2, -0.15) is 0 Å². The van der Waals surface area contributed by atoms with Crippen LogP contribution in [0.3, 0.4) is 0 Å². The quantitative estimate of drug-likeness (QED) is 0.118. The zero-order valence-corrected chi connectivity index (χ0v) is 26.0. The molecule has 2 radical (unpaired) electrons. The highest BCUT2D eigenvalue weighted by Crippen LogP contribution is 2.07. The Kier molecular flexibility index (Phi) is 21.2. The first kappa shape index (κ1) is 37.0. The minimum Gasteiger partial charge on any atom is -0.459 e. The highest BCUT2D eigenvalue weighted by atomic mass is 16.5. The molecular weight excluding hydrogens is 538 g/mol. The third-order valence-corrected chi connectivity index (χ3v) is 6.11. The molecule has 0 aliphatic rings. The van der Waals surface area contributed by atoms with Crippen LogP contribution in [-0.4, -0.2) is 41.0 Å². The molecule has 0 aliphatic heterocycles. The van der Waals surface area contributed by atoms with Crippen molar-refractivity contribution in [3.8, 4) is 0 Å². The van der Waals surface area contributed by atoms with E-state index in [0.717, 1.165) is 38.5 Å². The average molecular weight is 588 g/mol. The number of pyridine rings is 1. The van der Waals surface area contributed by atoms with Crippen molar-refractivity contribution >= 4 is 17.8 Å². The SMILES string of the molecule is [CH2][C@@H](OC(=O)[C@H](C)NC(=O)CC/C=C\C/C=C\C/C=C\C/C=C\C/C=C\C/C=C\CC)[C@H]([CH]C)NC(=O)c1cccnc1. The van der Waals surface area contributed by atoms with Gasteiger partial charge in [-0.25, -0.2) is 4.79 Å². The number of hydrogen-bond donors (Lipinski definition) is 2. The summed E-state index contributed by atoms with van der Waals surface area (Å²) in [7, 11) is 0. The summed E-state index contributed by atoms with van der Waals surface area (Å²) in [6, 6.07) is 1.85. The van der Waals surface area contributed by atoms with Gasteiger partial charge in [0.05, 0.1) is 11.6 Å². The molecular formula is C36H49N3O4. The van der Waals surface area contributed by atoms with Crippen LogP contribution in [0.5, 0.6) is 0 Å². The van der Waals surface area contributed by atoms with E-state index in [9.17, 15) is 14.4 Å². The molecule has 0 unspecified atom stereocenters. The Morgan fingerprint density at radius 1 is 0.860 bits per heavy atom. The predicted octanol–water partition coefficient (Wildman–Crippen LogP) is 7.13. The lowest BCUT2D eigenvalue weighted by molar-refractivity contribution is -0.151. The Hall–Kier alpha value is -4.00. The number of nitrogens with one attached hydrogen (secondary N) is 2. The number of nitrogens with zero attached hydrogens (tertiary/aromatic N) is 1. The van der Waals surface area contributed by atoms with E-state index in [1.807, 2.05) is 12.2 Å². The second-order valence-corrected chi connectivity index (χ2v) is 9.79. The van der Waals surface area contributed by atoms with Crippen molar-refractivity contribution in [2.45, 2.75) is 90.3 Å². The van der Waals surface area contributed by atoms with Crippen LogP contribution in [0.25, 0.3) is 0 Å². The summed E-state index contributed by atoms with van der Waals surface area (Å²) in [5.74, 6) is -1.21. The van der Waals surface area contributed by atoms with Gasteiger partial charge < -0.3 is 15.4 Å². The number of ether oxygens (including phenoxy) is 1. The molecule has 7 nitrogen and oxygen atoms in total. The maximum atomic E-state index is 12.5. The van der Waals surface area contributed by atoms with Crippen LogP contribution in [0.15, 0.2) is 97.4 Å². The van der Waals surface area contributed by atoms with Crippen LogP contribution in [-0.2, 0) is 14.3 Å². The maximum Gasteiger partial charge on any atom is 0.328 e. The zero-order chi connectivity index (χ0) is 31.5. The van der Waals surface area contributed by atoms with Crippen LogP contribution in [0.2, 0.25) is 0 Å². The van der Waals surface area contributed by atoms with Crippen molar-refractivity contribution in [1.29, 1.82) is 0 Å². The van der Waals surface area contributed by atoms with Gasteiger partial charge in [0, 0.05) is 18.8 Å². The first-order chi connectivity index (χ1) is 20.9. The van der Waals surface area contributed by atoms with E-state index in [2.05, 4.69) is 90.2 Å². The summed E-state index contributed by atoms with van der Waals surface area (Å²) in [6.45, 7) is 9.28. The van der Waals surface area contributed by atoms with Gasteiger partial charge in [0.15, 0.2) is 0 Å². The second kappa shape index (κ2) is 24.6. The lowest BCUT2D eigenvalue weighted by Gasteiger charge is -2.25. The van der Waals surface area contributed by atoms with E-state index in [0.29, 0.717) is 12.0 Å². The van der Waals surface area contributed by atoms with Crippen molar-refractivity contribution in [3.05, 3.63) is 116 Å². The Morgan fingerprint density at radius 2 is 1.40 bits per heavy atom. The van der Waals surface area contributed by atoms with Crippen LogP contribution in [0.1, 0.15) is 82.5 Å². The fourth-order valence-electron chi connectivity index (χ4n) is 3.67. The number of hydrogen-bond acceptors (Lipinski definition) is 5. The number of aromatic nitrogens is 1. The number of carbonyl (C=O) groups is 3. The third kappa shape index (κ3) is 18.9. The van der Waals surface area contributed by atoms with Crippen LogP contribution in [0, 0.1) is 13.3 Å². The molecule has 3 atom stereocenters. The summed E-state index contributed by atoms with van der Waals surface area (Å²) in [5.41, 5.74) is 0.389. The largest absolute Gasteiger partial charge is 0.459 e. The molecule has 0 fully saturated rings. The molecule has 0 saturated carbocycles. The first-order valence-electron chi connectivity index (χ1n) is 15.1. The molecule has 7 heteroatoms. The highest BCUT2D eigenvalue weighted by Gasteiger charge is 2.25. The molecule has 1 rings (SSSR count). The van der Waals surface area contributed by atoms with E-state index >= 15 is 0 Å². The monoisotopic (exact) mass is 587 g/mol. The molecule has 1 aromatic rings. The lowest BCUT2D eigenvalue weighted by atomic mass is 10.1. The number of amides is 2. The Morgan fingerprint density at radius 3 is 1.88 bits per heavy atom. The second-order valence-electron chi connectivity index (χ2n) is 9.79. The van der Waals surface area contributed by atoms with Crippen molar-refractivity contribution in [1.82, 2.24) is 15.6 Å². The van der Waals surface area contributed by atoms with E-state index in [4.69, 9.17) is 4.74 Å². The Bertz CT molecular complexity index is 1100. The fourth-order valence-corrected chi connectivity index (χ4v) is 3.67. The van der Waals surface area contributed by atoms with Gasteiger partial charge in [0.2, 0.25) is 5.91 Å². The number of rotatable bonds is 21. The molecule has 1 aromatic heterocycles. The zero-order valence-electron chi connectivity index (χ0n) is 26.0. The minimum atomic E-state index is -0.864. The standard InChI is InChI=1S/C36H49N3O4/c1-5-7-8-9-10-11-12-13-14-15-16-17-18-19-20-21-22-23-24-27-34(40)38-30(3)36(42)43-31(4)33(6-2)39-35(41)32-26-25-28-37-29-32/h6-8,10-11,13-14,16-17,19-20,22-23,25-26,28-31,33H,4-5,9,12,15,18,21,24,27H2,1-3H3,(H,38,40)(H,39,41)/b8-7-,11-10-,14-13-,17-16-,20-19-,23-22-/t30-,31+,33-/m0/s1. The van der Waals surface area contributed by atoms with Gasteiger partial charge >= 0.3 is 5.97 Å². The van der Waals surface area contributed by atoms with Gasteiger partial charge in [-0.15, -0.1) is 0 Å². The third-order valence-electron chi connectivity index (χ3n) is 6.11. The smallest absolute Gasteiger partial charge is 0.328 e. The van der Waals surface area contributed by atoms with E-state index < -0.39 is 24.2 Å². The molecule has 0 aromatic carbocycles. The summed E-state index contributed by atoms with van der Waals surface area (Å²) in [6.07, 6.45) is 36.0. The molecule has 232 valence electrons. The molecule has 2 amide bonds. The van der Waals surface area contributed by atoms with Gasteiger partial charge in [-0.05, 0) is 77.3 Å². The van der Waals surface area contributed by atoms with Gasteiger partial charge in [-0.1, -0.05) is 86.8 Å². The number of carbonyl (C=O) groups excluding carboxylic acids is 3. The van der Waals surface area contributed by atoms with Crippen molar-refractivity contribution in [2.75, 3.05) is 0 Å². The van der Waals surface area contributed by atoms with Crippen molar-refractivity contribution < 1.29 is 19.1 Å². The van der Waals surface area contributed by atoms with E-state index in [1.54, 1.807) is 38.6 Å². The Balaban J connectivity index is 2.19.